The van der Waals surface area contributed by atoms with Crippen LogP contribution in [0.2, 0.25) is 0 Å². The van der Waals surface area contributed by atoms with Gasteiger partial charge in [-0.3, -0.25) is 9.69 Å². The summed E-state index contributed by atoms with van der Waals surface area (Å²) in [6, 6.07) is 16.8. The molecule has 0 spiro atoms. The number of hydrogen-bond donors (Lipinski definition) is 1. The van der Waals surface area contributed by atoms with Crippen LogP contribution >= 0.6 is 0 Å². The quantitative estimate of drug-likeness (QED) is 0.488. The summed E-state index contributed by atoms with van der Waals surface area (Å²) in [6.07, 6.45) is 2.01. The van der Waals surface area contributed by atoms with E-state index in [1.54, 1.807) is 0 Å². The Balaban J connectivity index is 1.02. The van der Waals surface area contributed by atoms with Crippen molar-refractivity contribution in [1.29, 1.82) is 0 Å². The Labute approximate surface area is 212 Å². The molecule has 3 aromatic rings. The van der Waals surface area contributed by atoms with Crippen molar-refractivity contribution >= 4 is 17.4 Å². The first-order valence-corrected chi connectivity index (χ1v) is 12.9. The van der Waals surface area contributed by atoms with Crippen LogP contribution in [-0.4, -0.2) is 66.4 Å². The number of hydrogen-bond acceptors (Lipinski definition) is 5. The fraction of sp³-hybridized carbons (Fsp3) is 0.429. The van der Waals surface area contributed by atoms with E-state index in [-0.39, 0.29) is 11.7 Å². The van der Waals surface area contributed by atoms with Gasteiger partial charge in [-0.15, -0.1) is 0 Å². The van der Waals surface area contributed by atoms with Gasteiger partial charge in [0.2, 0.25) is 0 Å². The summed E-state index contributed by atoms with van der Waals surface area (Å²) in [5.74, 6) is 0.962. The van der Waals surface area contributed by atoms with Gasteiger partial charge in [0.25, 0.3) is 5.91 Å². The largest absolute Gasteiger partial charge is 0.369 e. The fourth-order valence-electron chi connectivity index (χ4n) is 5.11. The predicted octanol–water partition coefficient (Wildman–Crippen LogP) is 3.68. The van der Waals surface area contributed by atoms with Crippen molar-refractivity contribution < 1.29 is 9.18 Å². The minimum Gasteiger partial charge on any atom is -0.369 e. The first-order chi connectivity index (χ1) is 17.5. The number of carbonyl (C=O) groups is 1. The summed E-state index contributed by atoms with van der Waals surface area (Å²) in [5, 5.41) is 7.63. The second-order valence-corrected chi connectivity index (χ2v) is 9.75. The van der Waals surface area contributed by atoms with Crippen molar-refractivity contribution in [3.63, 3.8) is 0 Å². The molecule has 1 aromatic heterocycles. The van der Waals surface area contributed by atoms with Gasteiger partial charge in [-0.1, -0.05) is 12.1 Å². The highest BCUT2D eigenvalue weighted by molar-refractivity contribution is 5.94. The van der Waals surface area contributed by atoms with E-state index in [0.717, 1.165) is 76.6 Å². The van der Waals surface area contributed by atoms with Crippen LogP contribution in [-0.2, 0) is 13.1 Å². The lowest BCUT2D eigenvalue weighted by Gasteiger charge is -2.36. The van der Waals surface area contributed by atoms with Crippen molar-refractivity contribution in [3.05, 3.63) is 77.2 Å². The average molecular weight is 491 g/mol. The summed E-state index contributed by atoms with van der Waals surface area (Å²) in [5.41, 5.74) is 4.02. The number of nitrogens with one attached hydrogen (secondary N) is 1. The predicted molar refractivity (Wildman–Crippen MR) is 141 cm³/mol. The first-order valence-electron chi connectivity index (χ1n) is 12.9. The minimum absolute atomic E-state index is 0.0191. The Morgan fingerprint density at radius 3 is 2.47 bits per heavy atom. The molecule has 0 aliphatic carbocycles. The van der Waals surface area contributed by atoms with Crippen LogP contribution in [0.15, 0.2) is 54.6 Å². The van der Waals surface area contributed by atoms with Crippen LogP contribution in [0.3, 0.4) is 0 Å². The number of halogens is 1. The van der Waals surface area contributed by atoms with Crippen LogP contribution in [0.1, 0.15) is 34.5 Å². The van der Waals surface area contributed by atoms with Gasteiger partial charge in [0.1, 0.15) is 11.6 Å². The molecule has 1 fully saturated rings. The molecular weight excluding hydrogens is 455 g/mol. The second-order valence-electron chi connectivity index (χ2n) is 9.75. The summed E-state index contributed by atoms with van der Waals surface area (Å²) < 4.78 is 15.2. The third-order valence-corrected chi connectivity index (χ3v) is 7.09. The molecule has 1 N–H and O–H groups in total. The van der Waals surface area contributed by atoms with Crippen molar-refractivity contribution in [2.24, 2.45) is 0 Å². The number of anilines is 2. The molecule has 3 heterocycles. The Morgan fingerprint density at radius 1 is 0.972 bits per heavy atom. The van der Waals surface area contributed by atoms with Crippen LogP contribution in [0, 0.1) is 12.7 Å². The van der Waals surface area contributed by atoms with Gasteiger partial charge in [0.05, 0.1) is 5.69 Å². The first kappa shape index (κ1) is 24.3. The van der Waals surface area contributed by atoms with Gasteiger partial charge in [-0.25, -0.2) is 9.07 Å². The monoisotopic (exact) mass is 490 g/mol. The zero-order valence-corrected chi connectivity index (χ0v) is 21.0. The molecule has 0 bridgehead atoms. The normalized spacial score (nSPS) is 16.2. The summed E-state index contributed by atoms with van der Waals surface area (Å²) >= 11 is 0. The highest BCUT2D eigenvalue weighted by atomic mass is 19.1. The van der Waals surface area contributed by atoms with Gasteiger partial charge < -0.3 is 15.1 Å². The van der Waals surface area contributed by atoms with Gasteiger partial charge in [0, 0.05) is 69.7 Å². The molecule has 190 valence electrons. The Kier molecular flexibility index (Phi) is 7.51. The van der Waals surface area contributed by atoms with Crippen molar-refractivity contribution in [2.75, 3.05) is 55.6 Å². The van der Waals surface area contributed by atoms with Gasteiger partial charge in [-0.05, 0) is 68.3 Å². The van der Waals surface area contributed by atoms with E-state index >= 15 is 0 Å². The molecule has 7 nitrogen and oxygen atoms in total. The van der Waals surface area contributed by atoms with E-state index in [0.29, 0.717) is 12.1 Å². The number of amides is 1. The summed E-state index contributed by atoms with van der Waals surface area (Å²) in [4.78, 5) is 19.7. The van der Waals surface area contributed by atoms with E-state index in [9.17, 15) is 9.18 Å². The molecule has 2 aromatic carbocycles. The zero-order valence-electron chi connectivity index (χ0n) is 21.0. The second kappa shape index (κ2) is 11.1. The van der Waals surface area contributed by atoms with Crippen LogP contribution < -0.4 is 15.1 Å². The number of aromatic nitrogens is 2. The number of nitrogens with zero attached hydrogens (tertiary/aromatic N) is 5. The molecule has 0 unspecified atom stereocenters. The van der Waals surface area contributed by atoms with E-state index in [1.807, 2.05) is 31.2 Å². The number of carbonyl (C=O) groups excluding carboxylic acids is 1. The van der Waals surface area contributed by atoms with Crippen molar-refractivity contribution in [3.8, 4) is 0 Å². The van der Waals surface area contributed by atoms with E-state index in [4.69, 9.17) is 0 Å². The molecule has 2 aliphatic rings. The van der Waals surface area contributed by atoms with Gasteiger partial charge in [-0.2, -0.15) is 5.10 Å². The Hall–Kier alpha value is -3.39. The minimum atomic E-state index is -0.198. The van der Waals surface area contributed by atoms with E-state index < -0.39 is 0 Å². The fourth-order valence-corrected chi connectivity index (χ4v) is 5.11. The van der Waals surface area contributed by atoms with Crippen LogP contribution in [0.25, 0.3) is 0 Å². The molecule has 1 saturated heterocycles. The maximum atomic E-state index is 13.1. The highest BCUT2D eigenvalue weighted by Gasteiger charge is 2.19. The van der Waals surface area contributed by atoms with E-state index in [2.05, 4.69) is 48.0 Å². The maximum absolute atomic E-state index is 13.1. The molecule has 8 heteroatoms. The van der Waals surface area contributed by atoms with Crippen LogP contribution in [0.5, 0.6) is 0 Å². The molecular formula is C28H35FN6O. The lowest BCUT2D eigenvalue weighted by atomic mass is 10.1. The van der Waals surface area contributed by atoms with Crippen molar-refractivity contribution in [2.45, 2.75) is 32.9 Å². The van der Waals surface area contributed by atoms with E-state index in [1.165, 1.54) is 23.5 Å². The zero-order chi connectivity index (χ0) is 24.9. The SMILES string of the molecule is Cc1cc2n(n1)CCCN2Cc1ccc(C(=O)NCCCN2CCN(c3ccc(F)cc3)CC2)cc1. The third-order valence-electron chi connectivity index (χ3n) is 7.09. The summed E-state index contributed by atoms with van der Waals surface area (Å²) in [6.45, 7) is 10.3. The summed E-state index contributed by atoms with van der Waals surface area (Å²) in [7, 11) is 0. The topological polar surface area (TPSA) is 56.6 Å². The smallest absolute Gasteiger partial charge is 0.251 e. The molecule has 0 saturated carbocycles. The number of piperazine rings is 1. The van der Waals surface area contributed by atoms with Crippen molar-refractivity contribution in [1.82, 2.24) is 20.0 Å². The number of rotatable bonds is 8. The molecule has 0 radical (unpaired) electrons. The molecule has 2 aliphatic heterocycles. The molecule has 5 rings (SSSR count). The van der Waals surface area contributed by atoms with Gasteiger partial charge >= 0.3 is 0 Å². The molecule has 36 heavy (non-hydrogen) atoms. The highest BCUT2D eigenvalue weighted by Crippen LogP contribution is 2.23. The lowest BCUT2D eigenvalue weighted by molar-refractivity contribution is 0.0951. The maximum Gasteiger partial charge on any atom is 0.251 e. The third kappa shape index (κ3) is 5.87. The van der Waals surface area contributed by atoms with Gasteiger partial charge in [0.15, 0.2) is 0 Å². The average Bonchev–Trinajstić information content (AvgIpc) is 3.29. The Bertz CT molecular complexity index is 1150. The standard InChI is InChI=1S/C28H35FN6O/c1-22-20-27-34(14-3-15-35(27)31-22)21-23-4-6-24(7-5-23)28(36)30-12-2-13-32-16-18-33(19-17-32)26-10-8-25(29)9-11-26/h4-11,20H,2-3,12-19,21H2,1H3,(H,30,36). The molecule has 1 amide bonds. The number of fused-ring (bicyclic) bond motifs is 1. The molecule has 0 atom stereocenters. The van der Waals surface area contributed by atoms with Crippen LogP contribution in [0.4, 0.5) is 15.9 Å². The number of benzene rings is 2. The lowest BCUT2D eigenvalue weighted by Crippen LogP contribution is -2.47. The number of aryl methyl sites for hydroxylation is 2. The Morgan fingerprint density at radius 2 is 1.72 bits per heavy atom.